The number of benzene rings is 2. The van der Waals surface area contributed by atoms with Crippen LogP contribution in [0.3, 0.4) is 0 Å². The molecule has 0 atom stereocenters. The number of para-hydroxylation sites is 1. The minimum absolute atomic E-state index is 0.330. The number of piperazine rings is 1. The predicted octanol–water partition coefficient (Wildman–Crippen LogP) is 5.51. The van der Waals surface area contributed by atoms with Gasteiger partial charge in [-0.2, -0.15) is 0 Å². The fourth-order valence-electron chi connectivity index (χ4n) is 4.68. The van der Waals surface area contributed by atoms with Gasteiger partial charge < -0.3 is 24.8 Å². The van der Waals surface area contributed by atoms with Gasteiger partial charge >= 0.3 is 0 Å². The van der Waals surface area contributed by atoms with E-state index in [9.17, 15) is 0 Å². The largest absolute Gasteiger partial charge is 0.455 e. The third kappa shape index (κ3) is 4.31. The first-order valence-corrected chi connectivity index (χ1v) is 12.4. The number of aromatic nitrogens is 4. The summed E-state index contributed by atoms with van der Waals surface area (Å²) in [6.45, 7) is 8.02. The molecule has 3 aromatic heterocycles. The lowest BCUT2D eigenvalue weighted by atomic mass is 10.2. The second-order valence-corrected chi connectivity index (χ2v) is 9.27. The van der Waals surface area contributed by atoms with Gasteiger partial charge in [-0.25, -0.2) is 15.0 Å². The lowest BCUT2D eigenvalue weighted by molar-refractivity contribution is 0.477. The Labute approximate surface area is 210 Å². The summed E-state index contributed by atoms with van der Waals surface area (Å²) in [6.07, 6.45) is 5.85. The van der Waals surface area contributed by atoms with Crippen LogP contribution < -0.4 is 20.3 Å². The molecule has 8 nitrogen and oxygen atoms in total. The predicted molar refractivity (Wildman–Crippen MR) is 145 cm³/mol. The lowest BCUT2D eigenvalue weighted by Gasteiger charge is -2.30. The number of anilines is 3. The van der Waals surface area contributed by atoms with Crippen LogP contribution >= 0.6 is 0 Å². The zero-order valence-electron chi connectivity index (χ0n) is 20.5. The van der Waals surface area contributed by atoms with E-state index in [-0.39, 0.29) is 0 Å². The fraction of sp³-hybridized carbons (Fsp3) is 0.250. The summed E-state index contributed by atoms with van der Waals surface area (Å²) in [5.41, 5.74) is 3.01. The molecule has 1 saturated heterocycles. The van der Waals surface area contributed by atoms with E-state index >= 15 is 0 Å². The second-order valence-electron chi connectivity index (χ2n) is 9.27. The Morgan fingerprint density at radius 2 is 1.75 bits per heavy atom. The van der Waals surface area contributed by atoms with E-state index in [0.717, 1.165) is 65.2 Å². The molecule has 182 valence electrons. The number of hydrogen-bond donors (Lipinski definition) is 2. The number of nitrogens with one attached hydrogen (secondary N) is 2. The molecule has 2 N–H and O–H groups in total. The lowest BCUT2D eigenvalue weighted by Crippen LogP contribution is -2.43. The Morgan fingerprint density at radius 3 is 2.56 bits per heavy atom. The molecule has 0 bridgehead atoms. The van der Waals surface area contributed by atoms with E-state index in [4.69, 9.17) is 14.7 Å². The Morgan fingerprint density at radius 1 is 0.944 bits per heavy atom. The third-order valence-electron chi connectivity index (χ3n) is 6.50. The topological polar surface area (TPSA) is 80.1 Å². The van der Waals surface area contributed by atoms with E-state index in [2.05, 4.69) is 63.3 Å². The maximum Gasteiger partial charge on any atom is 0.228 e. The fourth-order valence-corrected chi connectivity index (χ4v) is 4.68. The smallest absolute Gasteiger partial charge is 0.228 e. The van der Waals surface area contributed by atoms with Crippen LogP contribution in [0.15, 0.2) is 73.2 Å². The molecule has 1 fully saturated rings. The molecule has 0 saturated carbocycles. The van der Waals surface area contributed by atoms with Gasteiger partial charge in [0.2, 0.25) is 5.95 Å². The van der Waals surface area contributed by atoms with Crippen LogP contribution in [0, 0.1) is 0 Å². The van der Waals surface area contributed by atoms with Gasteiger partial charge in [0.25, 0.3) is 0 Å². The van der Waals surface area contributed by atoms with Crippen molar-refractivity contribution in [2.24, 2.45) is 0 Å². The Balaban J connectivity index is 1.37. The molecule has 5 aromatic rings. The summed E-state index contributed by atoms with van der Waals surface area (Å²) in [5.74, 6) is 2.66. The second kappa shape index (κ2) is 9.47. The SMILES string of the molecule is CC(C)n1ccc2ccc3cnc(Nc4cc(Oc5ccccc5)c(N5CCNCC5)cn4)nc3c21. The molecule has 0 radical (unpaired) electrons. The molecule has 1 aliphatic heterocycles. The third-order valence-corrected chi connectivity index (χ3v) is 6.50. The molecule has 36 heavy (non-hydrogen) atoms. The van der Waals surface area contributed by atoms with Crippen molar-refractivity contribution < 1.29 is 4.74 Å². The molecular weight excluding hydrogens is 450 g/mol. The molecule has 2 aromatic carbocycles. The van der Waals surface area contributed by atoms with Crippen molar-refractivity contribution >= 4 is 39.3 Å². The van der Waals surface area contributed by atoms with Crippen LogP contribution in [0.1, 0.15) is 19.9 Å². The first-order chi connectivity index (χ1) is 17.7. The van der Waals surface area contributed by atoms with Crippen molar-refractivity contribution in [3.05, 3.63) is 73.2 Å². The number of fused-ring (bicyclic) bond motifs is 3. The van der Waals surface area contributed by atoms with Gasteiger partial charge in [0, 0.05) is 61.5 Å². The van der Waals surface area contributed by atoms with Gasteiger partial charge in [0.1, 0.15) is 17.1 Å². The number of rotatable bonds is 6. The van der Waals surface area contributed by atoms with Crippen LogP contribution in [-0.2, 0) is 0 Å². The molecule has 0 amide bonds. The highest BCUT2D eigenvalue weighted by atomic mass is 16.5. The minimum atomic E-state index is 0.330. The van der Waals surface area contributed by atoms with Gasteiger partial charge in [0.15, 0.2) is 5.75 Å². The van der Waals surface area contributed by atoms with Gasteiger partial charge in [-0.05, 0) is 32.0 Å². The van der Waals surface area contributed by atoms with Crippen LogP contribution in [-0.4, -0.2) is 45.7 Å². The van der Waals surface area contributed by atoms with Crippen molar-refractivity contribution in [3.63, 3.8) is 0 Å². The molecule has 8 heteroatoms. The summed E-state index contributed by atoms with van der Waals surface area (Å²) in [4.78, 5) is 16.5. The van der Waals surface area contributed by atoms with Crippen molar-refractivity contribution in [2.75, 3.05) is 36.4 Å². The maximum absolute atomic E-state index is 6.31. The highest BCUT2D eigenvalue weighted by Crippen LogP contribution is 2.35. The van der Waals surface area contributed by atoms with E-state index < -0.39 is 0 Å². The summed E-state index contributed by atoms with van der Waals surface area (Å²) >= 11 is 0. The first kappa shape index (κ1) is 22.3. The van der Waals surface area contributed by atoms with E-state index in [1.54, 1.807) is 0 Å². The van der Waals surface area contributed by atoms with E-state index in [1.165, 1.54) is 0 Å². The zero-order valence-corrected chi connectivity index (χ0v) is 20.5. The van der Waals surface area contributed by atoms with E-state index in [1.807, 2.05) is 48.8 Å². The van der Waals surface area contributed by atoms with Gasteiger partial charge in [-0.1, -0.05) is 30.3 Å². The first-order valence-electron chi connectivity index (χ1n) is 12.4. The average Bonchev–Trinajstić information content (AvgIpc) is 3.35. The maximum atomic E-state index is 6.31. The van der Waals surface area contributed by atoms with Crippen molar-refractivity contribution in [1.82, 2.24) is 24.8 Å². The van der Waals surface area contributed by atoms with Crippen molar-refractivity contribution in [2.45, 2.75) is 19.9 Å². The number of hydrogen-bond acceptors (Lipinski definition) is 7. The summed E-state index contributed by atoms with van der Waals surface area (Å²) in [6, 6.07) is 18.4. The number of ether oxygens (including phenoxy) is 1. The highest BCUT2D eigenvalue weighted by molar-refractivity contribution is 6.03. The Hall–Kier alpha value is -4.17. The summed E-state index contributed by atoms with van der Waals surface area (Å²) < 4.78 is 8.57. The zero-order chi connectivity index (χ0) is 24.5. The molecular formula is C28H29N7O. The Kier molecular flexibility index (Phi) is 5.87. The van der Waals surface area contributed by atoms with Crippen LogP contribution in [0.4, 0.5) is 17.5 Å². The monoisotopic (exact) mass is 479 g/mol. The van der Waals surface area contributed by atoms with Gasteiger partial charge in [-0.15, -0.1) is 0 Å². The van der Waals surface area contributed by atoms with Crippen LogP contribution in [0.25, 0.3) is 21.8 Å². The summed E-state index contributed by atoms with van der Waals surface area (Å²) in [7, 11) is 0. The molecule has 6 rings (SSSR count). The van der Waals surface area contributed by atoms with Gasteiger partial charge in [0.05, 0.1) is 17.4 Å². The standard InChI is InChI=1S/C28H29N7O/c1-19(2)35-13-10-20-8-9-21-17-31-28(33-26(21)27(20)35)32-25-16-24(36-22-6-4-3-5-7-22)23(18-30-25)34-14-11-29-12-15-34/h3-10,13,16-19,29H,11-12,14-15H2,1-2H3,(H,30,31,32,33). The molecule has 0 aliphatic carbocycles. The molecule has 0 unspecified atom stereocenters. The quantitative estimate of drug-likeness (QED) is 0.333. The normalized spacial score (nSPS) is 14.0. The Bertz CT molecular complexity index is 1510. The van der Waals surface area contributed by atoms with Crippen LogP contribution in [0.2, 0.25) is 0 Å². The number of pyridine rings is 1. The summed E-state index contributed by atoms with van der Waals surface area (Å²) in [5, 5.41) is 8.87. The molecule has 0 spiro atoms. The van der Waals surface area contributed by atoms with Crippen molar-refractivity contribution in [1.29, 1.82) is 0 Å². The average molecular weight is 480 g/mol. The molecule has 4 heterocycles. The molecule has 1 aliphatic rings. The highest BCUT2D eigenvalue weighted by Gasteiger charge is 2.18. The van der Waals surface area contributed by atoms with Gasteiger partial charge in [-0.3, -0.25) is 0 Å². The minimum Gasteiger partial charge on any atom is -0.455 e. The van der Waals surface area contributed by atoms with E-state index in [0.29, 0.717) is 17.8 Å². The van der Waals surface area contributed by atoms with Crippen LogP contribution in [0.5, 0.6) is 11.5 Å². The van der Waals surface area contributed by atoms with Crippen molar-refractivity contribution in [3.8, 4) is 11.5 Å². The number of nitrogens with zero attached hydrogens (tertiary/aromatic N) is 5.